The molecule has 2 heterocycles. The molecule has 0 radical (unpaired) electrons. The van der Waals surface area contributed by atoms with Gasteiger partial charge in [0, 0.05) is 0 Å². The topological polar surface area (TPSA) is 284 Å². The normalized spacial score (nSPS) is 13.6. The van der Waals surface area contributed by atoms with Crippen molar-refractivity contribution in [3.63, 3.8) is 0 Å². The van der Waals surface area contributed by atoms with Crippen LogP contribution in [0.1, 0.15) is 10.5 Å². The number of carboxylic acids is 2. The Morgan fingerprint density at radius 2 is 1.56 bits per heavy atom. The van der Waals surface area contributed by atoms with Crippen LogP contribution in [0.2, 0.25) is 0 Å². The Hall–Kier alpha value is -4.52. The lowest BCUT2D eigenvalue weighted by molar-refractivity contribution is -0.554. The molecule has 0 saturated carbocycles. The Labute approximate surface area is 131 Å². The summed E-state index contributed by atoms with van der Waals surface area (Å²) in [7, 11) is 0. The van der Waals surface area contributed by atoms with Gasteiger partial charge in [0.15, 0.2) is 0 Å². The monoisotopic (exact) mass is 362 g/mol. The van der Waals surface area contributed by atoms with E-state index in [1.165, 1.54) is 0 Å². The average molecular weight is 362 g/mol. The molecule has 20 heteroatoms. The van der Waals surface area contributed by atoms with E-state index in [2.05, 4.69) is 31.0 Å². The number of carbonyl (C=O) groups is 2. The Morgan fingerprint density at radius 3 is 1.84 bits per heavy atom. The van der Waals surface area contributed by atoms with Gasteiger partial charge < -0.3 is 30.4 Å². The van der Waals surface area contributed by atoms with Gasteiger partial charge in [-0.3, -0.25) is 10.1 Å². The van der Waals surface area contributed by atoms with E-state index in [-0.39, 0.29) is 4.79 Å². The van der Waals surface area contributed by atoms with Crippen LogP contribution < -0.4 is 0 Å². The molecule has 0 atom stereocenters. The highest BCUT2D eigenvalue weighted by atomic mass is 16.7. The number of carboxylic acid groups (broad SMARTS) is 2. The maximum Gasteiger partial charge on any atom is 0.545 e. The standard InChI is InChI=1S/C3HN5O6.C2HN5O4/c9-3(10)1-2(7(11)12)4-5-6(1)8(13)14;8-1(9)2(7(10)11)3-5-6-4-2/h(H,9,10);(H,8,9). The maximum atomic E-state index is 10.4. The second kappa shape index (κ2) is 6.71. The van der Waals surface area contributed by atoms with Crippen molar-refractivity contribution in [2.45, 2.75) is 5.79 Å². The molecule has 1 aromatic rings. The number of nitrogens with zero attached hydrogens (tertiary/aromatic N) is 10. The van der Waals surface area contributed by atoms with Crippen LogP contribution in [0.5, 0.6) is 0 Å². The summed E-state index contributed by atoms with van der Waals surface area (Å²) in [5.41, 5.74) is -1.19. The molecule has 0 aliphatic carbocycles. The molecule has 2 N–H and O–H groups in total. The molecule has 1 aromatic heterocycles. The van der Waals surface area contributed by atoms with Crippen molar-refractivity contribution in [3.05, 3.63) is 36.0 Å². The van der Waals surface area contributed by atoms with Crippen molar-refractivity contribution in [2.75, 3.05) is 0 Å². The van der Waals surface area contributed by atoms with Crippen molar-refractivity contribution in [1.29, 1.82) is 0 Å². The lowest BCUT2D eigenvalue weighted by atomic mass is 10.4. The second-order valence-corrected chi connectivity index (χ2v) is 3.53. The van der Waals surface area contributed by atoms with E-state index < -0.39 is 44.1 Å². The Morgan fingerprint density at radius 1 is 1.04 bits per heavy atom. The molecule has 1 aliphatic heterocycles. The minimum absolute atomic E-state index is 0.277. The molecule has 0 bridgehead atoms. The van der Waals surface area contributed by atoms with Gasteiger partial charge in [0.25, 0.3) is 0 Å². The van der Waals surface area contributed by atoms with E-state index >= 15 is 0 Å². The minimum atomic E-state index is -2.75. The zero-order valence-corrected chi connectivity index (χ0v) is 11.1. The van der Waals surface area contributed by atoms with Crippen LogP contribution in [0.15, 0.2) is 20.7 Å². The molecule has 0 spiro atoms. The third-order valence-electron chi connectivity index (χ3n) is 2.12. The SMILES string of the molecule is O=C(O)C1([N+](=O)[O-])N=NN=N1.O=C(O)c1c([N+](=O)[O-])nnn1[N+](=O)[O-]. The molecule has 1 aliphatic rings. The van der Waals surface area contributed by atoms with E-state index in [4.69, 9.17) is 10.2 Å². The van der Waals surface area contributed by atoms with Crippen LogP contribution in [-0.2, 0) is 4.79 Å². The van der Waals surface area contributed by atoms with Gasteiger partial charge in [-0.1, -0.05) is 10.2 Å². The van der Waals surface area contributed by atoms with E-state index in [9.17, 15) is 39.9 Å². The zero-order valence-electron chi connectivity index (χ0n) is 11.1. The fourth-order valence-corrected chi connectivity index (χ4v) is 1.11. The van der Waals surface area contributed by atoms with E-state index in [1.807, 2.05) is 0 Å². The lowest BCUT2D eigenvalue weighted by Gasteiger charge is -2.02. The predicted molar refractivity (Wildman–Crippen MR) is 63.1 cm³/mol. The first-order chi connectivity index (χ1) is 11.5. The number of aliphatic carboxylic acids is 1. The molecule has 0 unspecified atom stereocenters. The quantitative estimate of drug-likeness (QED) is 0.459. The predicted octanol–water partition coefficient (Wildman–Crippen LogP) is -1.24. The second-order valence-electron chi connectivity index (χ2n) is 3.53. The van der Waals surface area contributed by atoms with Crippen LogP contribution in [0.4, 0.5) is 5.82 Å². The highest BCUT2D eigenvalue weighted by Crippen LogP contribution is 2.20. The average Bonchev–Trinajstić information content (AvgIpc) is 3.15. The third kappa shape index (κ3) is 3.46. The number of hydrogen-bond donors (Lipinski definition) is 2. The summed E-state index contributed by atoms with van der Waals surface area (Å²) < 4.78 is 0. The molecule has 2 rings (SSSR count). The molecule has 0 saturated heterocycles. The van der Waals surface area contributed by atoms with Crippen molar-refractivity contribution >= 4 is 17.8 Å². The molecule has 0 fully saturated rings. The van der Waals surface area contributed by atoms with E-state index in [0.29, 0.717) is 0 Å². The van der Waals surface area contributed by atoms with Gasteiger partial charge in [-0.05, 0) is 15.4 Å². The van der Waals surface area contributed by atoms with Crippen molar-refractivity contribution in [2.24, 2.45) is 20.7 Å². The number of aromatic nitrogens is 3. The number of rotatable bonds is 5. The van der Waals surface area contributed by atoms with E-state index in [0.717, 1.165) is 0 Å². The zero-order chi connectivity index (χ0) is 19.4. The summed E-state index contributed by atoms with van der Waals surface area (Å²) in [6.45, 7) is 0. The summed E-state index contributed by atoms with van der Waals surface area (Å²) in [5, 5.41) is 62.3. The minimum Gasteiger partial charge on any atom is -0.476 e. The summed E-state index contributed by atoms with van der Waals surface area (Å²) in [5.74, 6) is -7.58. The van der Waals surface area contributed by atoms with Gasteiger partial charge in [0.1, 0.15) is 0 Å². The van der Waals surface area contributed by atoms with Gasteiger partial charge in [-0.15, -0.1) is 0 Å². The lowest BCUT2D eigenvalue weighted by Crippen LogP contribution is -2.41. The maximum absolute atomic E-state index is 10.4. The number of nitro groups is 3. The van der Waals surface area contributed by atoms with Gasteiger partial charge in [-0.2, -0.15) is 0 Å². The highest BCUT2D eigenvalue weighted by Gasteiger charge is 2.56. The molecular formula is C5H2N10O10. The first-order valence-electron chi connectivity index (χ1n) is 5.24. The number of aromatic carboxylic acids is 1. The van der Waals surface area contributed by atoms with Crippen LogP contribution in [-0.4, -0.2) is 57.9 Å². The van der Waals surface area contributed by atoms with Crippen LogP contribution in [0.25, 0.3) is 0 Å². The Balaban J connectivity index is 0.000000257. The molecule has 0 aromatic carbocycles. The largest absolute Gasteiger partial charge is 0.545 e. The fraction of sp³-hybridized carbons (Fsp3) is 0.200. The van der Waals surface area contributed by atoms with Crippen molar-refractivity contribution < 1.29 is 34.7 Å². The first kappa shape index (κ1) is 18.5. The number of hydrogen-bond acceptors (Lipinski definition) is 14. The summed E-state index contributed by atoms with van der Waals surface area (Å²) >= 11 is 0. The summed E-state index contributed by atoms with van der Waals surface area (Å²) in [4.78, 5) is 48.4. The molecular weight excluding hydrogens is 360 g/mol. The molecule has 0 amide bonds. The van der Waals surface area contributed by atoms with Crippen molar-refractivity contribution in [3.8, 4) is 0 Å². The van der Waals surface area contributed by atoms with Crippen LogP contribution in [0, 0.1) is 30.3 Å². The Kier molecular flexibility index (Phi) is 4.98. The summed E-state index contributed by atoms with van der Waals surface area (Å²) in [6, 6.07) is 0. The third-order valence-corrected chi connectivity index (χ3v) is 2.12. The highest BCUT2D eigenvalue weighted by molar-refractivity contribution is 5.89. The molecule has 25 heavy (non-hydrogen) atoms. The van der Waals surface area contributed by atoms with Gasteiger partial charge in [0.05, 0.1) is 14.7 Å². The first-order valence-corrected chi connectivity index (χ1v) is 5.24. The van der Waals surface area contributed by atoms with Crippen LogP contribution >= 0.6 is 0 Å². The Bertz CT molecular complexity index is 763. The van der Waals surface area contributed by atoms with Crippen LogP contribution in [0.3, 0.4) is 0 Å². The van der Waals surface area contributed by atoms with E-state index in [1.54, 1.807) is 0 Å². The van der Waals surface area contributed by atoms with Gasteiger partial charge in [0.2, 0.25) is 5.10 Å². The fourth-order valence-electron chi connectivity index (χ4n) is 1.11. The van der Waals surface area contributed by atoms with Crippen molar-refractivity contribution in [1.82, 2.24) is 15.1 Å². The summed E-state index contributed by atoms with van der Waals surface area (Å²) in [6.07, 6.45) is 0. The smallest absolute Gasteiger partial charge is 0.476 e. The molecule has 132 valence electrons. The van der Waals surface area contributed by atoms with Gasteiger partial charge in [-0.25, -0.2) is 9.59 Å². The molecule has 20 nitrogen and oxygen atoms in total. The van der Waals surface area contributed by atoms with Gasteiger partial charge >= 0.3 is 34.5 Å².